The third kappa shape index (κ3) is 16.6. The summed E-state index contributed by atoms with van der Waals surface area (Å²) in [6.07, 6.45) is 37.5. The minimum absolute atomic E-state index is 1.22. The van der Waals surface area contributed by atoms with E-state index in [1.165, 1.54) is 210 Å². The van der Waals surface area contributed by atoms with Crippen molar-refractivity contribution in [3.05, 3.63) is 87.5 Å². The van der Waals surface area contributed by atoms with Crippen LogP contribution in [0.3, 0.4) is 0 Å². The molecule has 0 N–H and O–H groups in total. The van der Waals surface area contributed by atoms with Crippen LogP contribution in [-0.4, -0.2) is 0 Å². The zero-order valence-electron chi connectivity index (χ0n) is 35.1. The number of hydrogen-bond donors (Lipinski definition) is 0. The Morgan fingerprint density at radius 2 is 0.481 bits per heavy atom. The number of thiophene rings is 4. The van der Waals surface area contributed by atoms with Crippen LogP contribution >= 0.6 is 45.3 Å². The third-order valence-electron chi connectivity index (χ3n) is 11.0. The van der Waals surface area contributed by atoms with Gasteiger partial charge in [-0.25, -0.2) is 0 Å². The first-order chi connectivity index (χ1) is 26.7. The highest BCUT2D eigenvalue weighted by molar-refractivity contribution is 7.18. The molecule has 0 amide bonds. The average Bonchev–Trinajstić information content (AvgIpc) is 4.02. The van der Waals surface area contributed by atoms with Crippen LogP contribution in [0.1, 0.15) is 221 Å². The highest BCUT2D eigenvalue weighted by Crippen LogP contribution is 2.45. The number of hydrogen-bond acceptors (Lipinski definition) is 4. The summed E-state index contributed by atoms with van der Waals surface area (Å²) < 4.78 is 0. The molecule has 0 aliphatic heterocycles. The molecule has 0 atom stereocenters. The second-order valence-corrected chi connectivity index (χ2v) is 20.6. The summed E-state index contributed by atoms with van der Waals surface area (Å²) >= 11 is 8.31. The molecule has 0 aliphatic carbocycles. The van der Waals surface area contributed by atoms with Gasteiger partial charge < -0.3 is 0 Å². The Hall–Kier alpha value is -1.46. The maximum absolute atomic E-state index is 2.48. The van der Waals surface area contributed by atoms with Gasteiger partial charge in [0.15, 0.2) is 0 Å². The molecule has 0 saturated carbocycles. The standard InChI is InChI=1S/C50H76S4/c1-5-9-13-17-21-25-29-41-33-37-45(51-41)49(46-38-34-42(52-46)30-26-22-18-14-10-6-2)50(47-39-35-43(53-47)31-27-23-19-15-11-7-3)48-40-36-44(54-48)32-28-24-20-16-12-8-4/h33-40H,5-32H2,1-4H3. The Labute approximate surface area is 349 Å². The van der Waals surface area contributed by atoms with Gasteiger partial charge in [0.05, 0.1) is 0 Å². The molecule has 54 heavy (non-hydrogen) atoms. The summed E-state index contributed by atoms with van der Waals surface area (Å²) in [4.78, 5) is 12.1. The van der Waals surface area contributed by atoms with Crippen LogP contribution in [0.15, 0.2) is 48.5 Å². The fourth-order valence-corrected chi connectivity index (χ4v) is 12.2. The van der Waals surface area contributed by atoms with E-state index in [-0.39, 0.29) is 0 Å². The van der Waals surface area contributed by atoms with Gasteiger partial charge in [0.2, 0.25) is 0 Å². The van der Waals surface area contributed by atoms with Crippen molar-refractivity contribution in [3.63, 3.8) is 0 Å². The second-order valence-electron chi connectivity index (χ2n) is 15.9. The molecule has 0 aromatic carbocycles. The highest BCUT2D eigenvalue weighted by atomic mass is 32.1. The van der Waals surface area contributed by atoms with Crippen LogP contribution in [0.2, 0.25) is 0 Å². The molecule has 4 aromatic rings. The van der Waals surface area contributed by atoms with Crippen LogP contribution in [0.5, 0.6) is 0 Å². The number of rotatable bonds is 32. The Morgan fingerprint density at radius 1 is 0.278 bits per heavy atom. The van der Waals surface area contributed by atoms with Crippen LogP contribution in [-0.2, 0) is 25.7 Å². The molecule has 4 heteroatoms. The summed E-state index contributed by atoms with van der Waals surface area (Å²) in [5.41, 5.74) is 2.99. The van der Waals surface area contributed by atoms with E-state index in [4.69, 9.17) is 0 Å². The Kier molecular flexibility index (Phi) is 23.5. The molecular formula is C50H76S4. The maximum Gasteiger partial charge on any atom is 0.0366 e. The van der Waals surface area contributed by atoms with Gasteiger partial charge in [0.25, 0.3) is 0 Å². The first-order valence-corrected chi connectivity index (χ1v) is 26.0. The van der Waals surface area contributed by atoms with Gasteiger partial charge in [0, 0.05) is 50.2 Å². The minimum Gasteiger partial charge on any atom is -0.140 e. The lowest BCUT2D eigenvalue weighted by atomic mass is 10.0. The smallest absolute Gasteiger partial charge is 0.0366 e. The molecule has 4 heterocycles. The number of unbranched alkanes of at least 4 members (excludes halogenated alkanes) is 20. The van der Waals surface area contributed by atoms with E-state index < -0.39 is 0 Å². The molecule has 300 valence electrons. The molecule has 0 fully saturated rings. The van der Waals surface area contributed by atoms with Gasteiger partial charge in [0.1, 0.15) is 0 Å². The average molecular weight is 805 g/mol. The molecule has 0 saturated heterocycles. The molecular weight excluding hydrogens is 729 g/mol. The minimum atomic E-state index is 1.22. The van der Waals surface area contributed by atoms with Gasteiger partial charge in [-0.1, -0.05) is 156 Å². The van der Waals surface area contributed by atoms with E-state index >= 15 is 0 Å². The number of aryl methyl sites for hydroxylation is 4. The molecule has 0 spiro atoms. The molecule has 0 nitrogen and oxygen atoms in total. The van der Waals surface area contributed by atoms with E-state index in [0.717, 1.165) is 0 Å². The molecule has 0 radical (unpaired) electrons. The zero-order valence-corrected chi connectivity index (χ0v) is 38.3. The van der Waals surface area contributed by atoms with Crippen molar-refractivity contribution >= 4 is 56.5 Å². The molecule has 0 aliphatic rings. The zero-order chi connectivity index (χ0) is 38.1. The lowest BCUT2D eigenvalue weighted by Gasteiger charge is -2.12. The maximum atomic E-state index is 2.48. The third-order valence-corrected chi connectivity index (χ3v) is 15.6. The van der Waals surface area contributed by atoms with Crippen LogP contribution < -0.4 is 0 Å². The monoisotopic (exact) mass is 804 g/mol. The summed E-state index contributed by atoms with van der Waals surface area (Å²) in [7, 11) is 0. The van der Waals surface area contributed by atoms with Crippen molar-refractivity contribution < 1.29 is 0 Å². The van der Waals surface area contributed by atoms with E-state index in [9.17, 15) is 0 Å². The topological polar surface area (TPSA) is 0 Å². The predicted molar refractivity (Wildman–Crippen MR) is 251 cm³/mol. The largest absolute Gasteiger partial charge is 0.140 e. The van der Waals surface area contributed by atoms with E-state index in [0.29, 0.717) is 0 Å². The predicted octanol–water partition coefficient (Wildman–Crippen LogP) is 18.6. The van der Waals surface area contributed by atoms with Gasteiger partial charge >= 0.3 is 0 Å². The molecule has 4 aromatic heterocycles. The first kappa shape index (κ1) is 45.2. The second kappa shape index (κ2) is 28.0. The lowest BCUT2D eigenvalue weighted by Crippen LogP contribution is -1.90. The summed E-state index contributed by atoms with van der Waals surface area (Å²) in [6.45, 7) is 9.27. The Bertz CT molecular complexity index is 1310. The van der Waals surface area contributed by atoms with Crippen molar-refractivity contribution in [2.75, 3.05) is 0 Å². The van der Waals surface area contributed by atoms with Crippen molar-refractivity contribution in [1.29, 1.82) is 0 Å². The van der Waals surface area contributed by atoms with E-state index in [1.54, 1.807) is 19.5 Å². The van der Waals surface area contributed by atoms with Crippen molar-refractivity contribution in [3.8, 4) is 0 Å². The summed E-state index contributed by atoms with van der Waals surface area (Å²) in [5.74, 6) is 0. The highest BCUT2D eigenvalue weighted by Gasteiger charge is 2.22. The van der Waals surface area contributed by atoms with Gasteiger partial charge in [-0.3, -0.25) is 0 Å². The summed E-state index contributed by atoms with van der Waals surface area (Å²) in [6, 6.07) is 19.8. The van der Waals surface area contributed by atoms with E-state index in [2.05, 4.69) is 122 Å². The van der Waals surface area contributed by atoms with Crippen LogP contribution in [0.25, 0.3) is 11.1 Å². The Morgan fingerprint density at radius 3 is 0.704 bits per heavy atom. The van der Waals surface area contributed by atoms with Gasteiger partial charge in [-0.05, 0) is 99.9 Å². The van der Waals surface area contributed by atoms with Crippen LogP contribution in [0, 0.1) is 0 Å². The summed E-state index contributed by atoms with van der Waals surface area (Å²) in [5, 5.41) is 0. The van der Waals surface area contributed by atoms with Gasteiger partial charge in [-0.15, -0.1) is 45.3 Å². The van der Waals surface area contributed by atoms with Crippen molar-refractivity contribution in [2.24, 2.45) is 0 Å². The van der Waals surface area contributed by atoms with Crippen molar-refractivity contribution in [1.82, 2.24) is 0 Å². The quantitative estimate of drug-likeness (QED) is 0.0431. The first-order valence-electron chi connectivity index (χ1n) is 22.8. The fraction of sp³-hybridized carbons (Fsp3) is 0.640. The molecule has 0 bridgehead atoms. The SMILES string of the molecule is CCCCCCCCc1ccc(C(=C(c2ccc(CCCCCCCC)s2)c2ccc(CCCCCCCC)s2)c2ccc(CCCCCCCC)s2)s1. The molecule has 0 unspecified atom stereocenters. The Balaban J connectivity index is 1.66. The molecule has 4 rings (SSSR count). The fourth-order valence-electron chi connectivity index (χ4n) is 7.64. The van der Waals surface area contributed by atoms with Crippen molar-refractivity contribution in [2.45, 2.75) is 207 Å². The van der Waals surface area contributed by atoms with Crippen LogP contribution in [0.4, 0.5) is 0 Å². The lowest BCUT2D eigenvalue weighted by molar-refractivity contribution is 0.609. The van der Waals surface area contributed by atoms with Gasteiger partial charge in [-0.2, -0.15) is 0 Å². The normalized spacial score (nSPS) is 11.6. The van der Waals surface area contributed by atoms with E-state index in [1.807, 2.05) is 0 Å².